The van der Waals surface area contributed by atoms with Crippen LogP contribution in [0.1, 0.15) is 50.4 Å². The first kappa shape index (κ1) is 23.0. The Balaban J connectivity index is 0.00000300. The Bertz CT molecular complexity index is 938. The monoisotopic (exact) mass is 416 g/mol. The smallest absolute Gasteiger partial charge is 0.165 e. The molecule has 0 aliphatic carbocycles. The highest BCUT2D eigenvalue weighted by atomic mass is 35.5. The van der Waals surface area contributed by atoms with Crippen LogP contribution in [0.15, 0.2) is 24.5 Å². The van der Waals surface area contributed by atoms with Crippen LogP contribution in [0.3, 0.4) is 0 Å². The zero-order chi connectivity index (χ0) is 20.3. The Labute approximate surface area is 180 Å². The molecule has 5 nitrogen and oxygen atoms in total. The molecule has 0 unspecified atom stereocenters. The largest absolute Gasteiger partial charge is 0.497 e. The average Bonchev–Trinajstić information content (AvgIpc) is 3.06. The molecule has 158 valence electrons. The molecule has 0 fully saturated rings. The van der Waals surface area contributed by atoms with Gasteiger partial charge >= 0.3 is 0 Å². The van der Waals surface area contributed by atoms with Gasteiger partial charge in [0.1, 0.15) is 17.3 Å². The molecule has 6 heteroatoms. The van der Waals surface area contributed by atoms with Crippen molar-refractivity contribution in [2.45, 2.75) is 53.9 Å². The number of benzene rings is 1. The molecule has 0 aliphatic rings. The van der Waals surface area contributed by atoms with Crippen LogP contribution in [-0.2, 0) is 6.42 Å². The molecular formula is C23H33ClN4O. The number of halogens is 1. The maximum absolute atomic E-state index is 5.43. The summed E-state index contributed by atoms with van der Waals surface area (Å²) in [6, 6.07) is 4.14. The number of aromatic nitrogens is 3. The molecule has 3 rings (SSSR count). The zero-order valence-electron chi connectivity index (χ0n) is 18.5. The lowest BCUT2D eigenvalue weighted by Crippen LogP contribution is -2.27. The van der Waals surface area contributed by atoms with Gasteiger partial charge in [0.05, 0.1) is 12.8 Å². The minimum absolute atomic E-state index is 0. The molecule has 0 saturated heterocycles. The van der Waals surface area contributed by atoms with Crippen LogP contribution in [-0.4, -0.2) is 34.6 Å². The Kier molecular flexibility index (Phi) is 7.91. The standard InChI is InChI=1S/C23H32N4O.ClH/c1-7-11-26(12-8-2)23-19(9-3)25-22-21(24-10-13-27(22)23)20-16(4)14-18(28-6)15-17(20)5;/h10,13-15H,7-9,11-12H2,1-6H3;1H. The van der Waals surface area contributed by atoms with Gasteiger partial charge in [0.15, 0.2) is 5.65 Å². The summed E-state index contributed by atoms with van der Waals surface area (Å²) in [5, 5.41) is 0. The summed E-state index contributed by atoms with van der Waals surface area (Å²) in [6.07, 6.45) is 7.08. The molecule has 0 saturated carbocycles. The zero-order valence-corrected chi connectivity index (χ0v) is 19.3. The number of hydrogen-bond acceptors (Lipinski definition) is 4. The van der Waals surface area contributed by atoms with Gasteiger partial charge in [-0.2, -0.15) is 0 Å². The molecule has 1 aromatic carbocycles. The van der Waals surface area contributed by atoms with Crippen LogP contribution in [0.5, 0.6) is 5.75 Å². The summed E-state index contributed by atoms with van der Waals surface area (Å²) < 4.78 is 7.66. The quantitative estimate of drug-likeness (QED) is 0.477. The average molecular weight is 417 g/mol. The Morgan fingerprint density at radius 3 is 2.17 bits per heavy atom. The van der Waals surface area contributed by atoms with Crippen molar-refractivity contribution in [2.24, 2.45) is 0 Å². The SMILES string of the molecule is CCCN(CCC)c1c(CC)nc2c(-c3c(C)cc(OC)cc3C)nccn12.Cl. The van der Waals surface area contributed by atoms with E-state index in [0.717, 1.165) is 71.8 Å². The minimum atomic E-state index is 0. The number of aryl methyl sites for hydroxylation is 3. The number of nitrogens with zero attached hydrogens (tertiary/aromatic N) is 4. The van der Waals surface area contributed by atoms with E-state index >= 15 is 0 Å². The molecule has 0 atom stereocenters. The predicted octanol–water partition coefficient (Wildman–Crippen LogP) is 5.63. The van der Waals surface area contributed by atoms with Crippen molar-refractivity contribution in [3.8, 4) is 17.0 Å². The maximum Gasteiger partial charge on any atom is 0.165 e. The van der Waals surface area contributed by atoms with Crippen LogP contribution in [0.4, 0.5) is 5.82 Å². The molecule has 0 bridgehead atoms. The predicted molar refractivity (Wildman–Crippen MR) is 124 cm³/mol. The first-order chi connectivity index (χ1) is 13.5. The number of imidazole rings is 1. The van der Waals surface area contributed by atoms with Crippen molar-refractivity contribution >= 4 is 23.9 Å². The molecule has 29 heavy (non-hydrogen) atoms. The van der Waals surface area contributed by atoms with Crippen molar-refractivity contribution in [2.75, 3.05) is 25.1 Å². The Hall–Kier alpha value is -2.27. The van der Waals surface area contributed by atoms with E-state index in [2.05, 4.69) is 56.1 Å². The van der Waals surface area contributed by atoms with E-state index in [1.165, 1.54) is 5.82 Å². The molecule has 2 heterocycles. The van der Waals surface area contributed by atoms with Crippen LogP contribution < -0.4 is 9.64 Å². The summed E-state index contributed by atoms with van der Waals surface area (Å²) in [5.41, 5.74) is 6.46. The molecule has 0 aliphatic heterocycles. The lowest BCUT2D eigenvalue weighted by atomic mass is 9.99. The van der Waals surface area contributed by atoms with Crippen LogP contribution in [0.25, 0.3) is 16.9 Å². The van der Waals surface area contributed by atoms with Gasteiger partial charge in [0.25, 0.3) is 0 Å². The second kappa shape index (κ2) is 9.97. The van der Waals surface area contributed by atoms with E-state index in [1.54, 1.807) is 7.11 Å². The van der Waals surface area contributed by atoms with E-state index in [4.69, 9.17) is 14.7 Å². The van der Waals surface area contributed by atoms with E-state index in [9.17, 15) is 0 Å². The molecule has 3 aromatic rings. The number of methoxy groups -OCH3 is 1. The third kappa shape index (κ3) is 4.35. The van der Waals surface area contributed by atoms with E-state index in [1.807, 2.05) is 12.4 Å². The van der Waals surface area contributed by atoms with Gasteiger partial charge < -0.3 is 9.64 Å². The van der Waals surface area contributed by atoms with Gasteiger partial charge in [0.2, 0.25) is 0 Å². The van der Waals surface area contributed by atoms with Gasteiger partial charge in [-0.25, -0.2) is 4.98 Å². The summed E-state index contributed by atoms with van der Waals surface area (Å²) in [4.78, 5) is 12.3. The highest BCUT2D eigenvalue weighted by Crippen LogP contribution is 2.34. The van der Waals surface area contributed by atoms with Crippen LogP contribution >= 0.6 is 12.4 Å². The topological polar surface area (TPSA) is 42.7 Å². The number of anilines is 1. The normalized spacial score (nSPS) is 10.8. The van der Waals surface area contributed by atoms with E-state index < -0.39 is 0 Å². The number of hydrogen-bond donors (Lipinski definition) is 0. The fourth-order valence-corrected chi connectivity index (χ4v) is 4.04. The van der Waals surface area contributed by atoms with Gasteiger partial charge in [-0.15, -0.1) is 12.4 Å². The molecule has 0 spiro atoms. The Morgan fingerprint density at radius 1 is 1.03 bits per heavy atom. The first-order valence-corrected chi connectivity index (χ1v) is 10.3. The second-order valence-electron chi connectivity index (χ2n) is 7.33. The van der Waals surface area contributed by atoms with E-state index in [0.29, 0.717) is 0 Å². The van der Waals surface area contributed by atoms with Crippen molar-refractivity contribution in [3.63, 3.8) is 0 Å². The molecule has 0 N–H and O–H groups in total. The highest BCUT2D eigenvalue weighted by molar-refractivity contribution is 5.85. The highest BCUT2D eigenvalue weighted by Gasteiger charge is 2.21. The fourth-order valence-electron chi connectivity index (χ4n) is 4.04. The van der Waals surface area contributed by atoms with Gasteiger partial charge in [-0.1, -0.05) is 20.8 Å². The molecular weight excluding hydrogens is 384 g/mol. The maximum atomic E-state index is 5.43. The minimum Gasteiger partial charge on any atom is -0.497 e. The summed E-state index contributed by atoms with van der Waals surface area (Å²) in [7, 11) is 1.71. The van der Waals surface area contributed by atoms with Gasteiger partial charge in [0, 0.05) is 31.0 Å². The summed E-state index contributed by atoms with van der Waals surface area (Å²) in [5.74, 6) is 2.09. The number of ether oxygens (including phenoxy) is 1. The first-order valence-electron chi connectivity index (χ1n) is 10.3. The second-order valence-corrected chi connectivity index (χ2v) is 7.33. The van der Waals surface area contributed by atoms with Crippen molar-refractivity contribution in [1.29, 1.82) is 0 Å². The Morgan fingerprint density at radius 2 is 1.66 bits per heavy atom. The van der Waals surface area contributed by atoms with E-state index in [-0.39, 0.29) is 12.4 Å². The van der Waals surface area contributed by atoms with Crippen molar-refractivity contribution < 1.29 is 4.74 Å². The van der Waals surface area contributed by atoms with Crippen molar-refractivity contribution in [1.82, 2.24) is 14.4 Å². The summed E-state index contributed by atoms with van der Waals surface area (Å²) in [6.45, 7) is 12.9. The fraction of sp³-hybridized carbons (Fsp3) is 0.478. The van der Waals surface area contributed by atoms with Crippen molar-refractivity contribution in [3.05, 3.63) is 41.3 Å². The third-order valence-corrected chi connectivity index (χ3v) is 5.19. The van der Waals surface area contributed by atoms with Crippen LogP contribution in [0, 0.1) is 13.8 Å². The molecule has 2 aromatic heterocycles. The third-order valence-electron chi connectivity index (χ3n) is 5.19. The van der Waals surface area contributed by atoms with Gasteiger partial charge in [-0.05, 0) is 56.4 Å². The lowest BCUT2D eigenvalue weighted by molar-refractivity contribution is 0.414. The number of rotatable bonds is 8. The molecule has 0 amide bonds. The lowest BCUT2D eigenvalue weighted by Gasteiger charge is -2.24. The molecule has 0 radical (unpaired) electrons. The summed E-state index contributed by atoms with van der Waals surface area (Å²) >= 11 is 0. The van der Waals surface area contributed by atoms with Gasteiger partial charge in [-0.3, -0.25) is 9.38 Å². The number of fused-ring (bicyclic) bond motifs is 1. The van der Waals surface area contributed by atoms with Crippen LogP contribution in [0.2, 0.25) is 0 Å².